The van der Waals surface area contributed by atoms with Crippen LogP contribution in [0.2, 0.25) is 0 Å². The number of likely N-dealkylation sites (tertiary alicyclic amines) is 1. The van der Waals surface area contributed by atoms with Crippen LogP contribution in [0.4, 0.5) is 0 Å². The molecule has 0 aromatic carbocycles. The Morgan fingerprint density at radius 3 is 3.16 bits per heavy atom. The molecule has 3 heterocycles. The Morgan fingerprint density at radius 1 is 1.58 bits per heavy atom. The molecule has 1 saturated heterocycles. The molecule has 1 fully saturated rings. The van der Waals surface area contributed by atoms with Crippen molar-refractivity contribution in [1.82, 2.24) is 15.1 Å². The third-order valence-electron chi connectivity index (χ3n) is 3.71. The van der Waals surface area contributed by atoms with Crippen LogP contribution in [0.25, 0.3) is 0 Å². The number of H-pyrrole nitrogens is 1. The van der Waals surface area contributed by atoms with Gasteiger partial charge >= 0.3 is 0 Å². The van der Waals surface area contributed by atoms with E-state index in [2.05, 4.69) is 44.0 Å². The van der Waals surface area contributed by atoms with Crippen molar-refractivity contribution in [2.75, 3.05) is 13.1 Å². The minimum Gasteiger partial charge on any atom is -0.467 e. The van der Waals surface area contributed by atoms with Crippen LogP contribution in [0.1, 0.15) is 35.9 Å². The lowest BCUT2D eigenvalue weighted by Crippen LogP contribution is -2.34. The Bertz CT molecular complexity index is 548. The number of hydrogen-bond acceptors (Lipinski definition) is 3. The van der Waals surface area contributed by atoms with Gasteiger partial charge in [-0.1, -0.05) is 0 Å². The zero-order valence-corrected chi connectivity index (χ0v) is 12.6. The van der Waals surface area contributed by atoms with E-state index in [0.717, 1.165) is 35.6 Å². The summed E-state index contributed by atoms with van der Waals surface area (Å²) in [6.07, 6.45) is 4.17. The maximum atomic E-state index is 5.50. The Hall–Kier alpha value is -1.07. The van der Waals surface area contributed by atoms with Gasteiger partial charge < -0.3 is 4.42 Å². The monoisotopic (exact) mass is 323 g/mol. The summed E-state index contributed by atoms with van der Waals surface area (Å²) >= 11 is 3.52. The number of furan rings is 1. The molecule has 1 aliphatic heterocycles. The van der Waals surface area contributed by atoms with Gasteiger partial charge in [0, 0.05) is 18.2 Å². The quantitative estimate of drug-likeness (QED) is 0.940. The van der Waals surface area contributed by atoms with Gasteiger partial charge in [-0.05, 0) is 54.4 Å². The van der Waals surface area contributed by atoms with Gasteiger partial charge in [-0.2, -0.15) is 5.10 Å². The van der Waals surface area contributed by atoms with Gasteiger partial charge in [0.1, 0.15) is 5.76 Å². The van der Waals surface area contributed by atoms with Crippen LogP contribution in [-0.2, 0) is 6.54 Å². The Balaban J connectivity index is 1.66. The van der Waals surface area contributed by atoms with E-state index in [9.17, 15) is 0 Å². The highest BCUT2D eigenvalue weighted by molar-refractivity contribution is 9.10. The number of nitrogens with one attached hydrogen (secondary N) is 1. The van der Waals surface area contributed by atoms with Crippen LogP contribution in [0.15, 0.2) is 27.3 Å². The van der Waals surface area contributed by atoms with E-state index < -0.39 is 0 Å². The van der Waals surface area contributed by atoms with Crippen LogP contribution in [0.3, 0.4) is 0 Å². The van der Waals surface area contributed by atoms with Gasteiger partial charge in [0.15, 0.2) is 0 Å². The number of rotatable bonds is 3. The summed E-state index contributed by atoms with van der Waals surface area (Å²) in [5.74, 6) is 1.55. The molecular weight excluding hydrogens is 306 g/mol. The Kier molecular flexibility index (Phi) is 3.75. The molecule has 1 aliphatic rings. The van der Waals surface area contributed by atoms with Crippen molar-refractivity contribution in [3.8, 4) is 0 Å². The molecule has 0 aliphatic carbocycles. The lowest BCUT2D eigenvalue weighted by molar-refractivity contribution is 0.184. The molecule has 0 radical (unpaired) electrons. The van der Waals surface area contributed by atoms with Crippen LogP contribution in [0.5, 0.6) is 0 Å². The molecule has 1 unspecified atom stereocenters. The predicted molar refractivity (Wildman–Crippen MR) is 77.0 cm³/mol. The first-order valence-corrected chi connectivity index (χ1v) is 7.48. The van der Waals surface area contributed by atoms with Crippen molar-refractivity contribution in [2.24, 2.45) is 0 Å². The molecule has 5 heteroatoms. The first kappa shape index (κ1) is 12.9. The van der Waals surface area contributed by atoms with Crippen molar-refractivity contribution in [3.63, 3.8) is 0 Å². The Morgan fingerprint density at radius 2 is 2.47 bits per heavy atom. The van der Waals surface area contributed by atoms with Crippen LogP contribution >= 0.6 is 15.9 Å². The molecule has 1 atom stereocenters. The second-order valence-corrected chi connectivity index (χ2v) is 6.10. The van der Waals surface area contributed by atoms with E-state index in [-0.39, 0.29) is 0 Å². The molecule has 2 aromatic heterocycles. The first-order chi connectivity index (χ1) is 9.22. The van der Waals surface area contributed by atoms with E-state index >= 15 is 0 Å². The number of aryl methyl sites for hydroxylation is 1. The second kappa shape index (κ2) is 5.51. The summed E-state index contributed by atoms with van der Waals surface area (Å²) in [5.41, 5.74) is 2.33. The lowest BCUT2D eigenvalue weighted by Gasteiger charge is -2.31. The number of halogens is 1. The van der Waals surface area contributed by atoms with Gasteiger partial charge in [-0.25, -0.2) is 0 Å². The fourth-order valence-electron chi connectivity index (χ4n) is 2.73. The second-order valence-electron chi connectivity index (χ2n) is 5.24. The molecular formula is C14H18BrN3O. The average molecular weight is 324 g/mol. The van der Waals surface area contributed by atoms with E-state index in [0.29, 0.717) is 5.92 Å². The topological polar surface area (TPSA) is 45.1 Å². The highest BCUT2D eigenvalue weighted by Gasteiger charge is 2.24. The molecule has 0 amide bonds. The summed E-state index contributed by atoms with van der Waals surface area (Å²) in [7, 11) is 0. The fourth-order valence-corrected chi connectivity index (χ4v) is 3.06. The van der Waals surface area contributed by atoms with Gasteiger partial charge in [-0.3, -0.25) is 10.00 Å². The van der Waals surface area contributed by atoms with E-state index in [1.165, 1.54) is 18.5 Å². The summed E-state index contributed by atoms with van der Waals surface area (Å²) in [5, 5.41) is 7.45. The van der Waals surface area contributed by atoms with E-state index in [1.54, 1.807) is 6.26 Å². The van der Waals surface area contributed by atoms with Crippen molar-refractivity contribution < 1.29 is 4.42 Å². The van der Waals surface area contributed by atoms with Crippen molar-refractivity contribution in [3.05, 3.63) is 40.0 Å². The summed E-state index contributed by atoms with van der Waals surface area (Å²) in [6.45, 7) is 5.11. The largest absolute Gasteiger partial charge is 0.467 e. The van der Waals surface area contributed by atoms with Crippen molar-refractivity contribution in [2.45, 2.75) is 32.2 Å². The molecule has 0 saturated carbocycles. The van der Waals surface area contributed by atoms with Gasteiger partial charge in [-0.15, -0.1) is 0 Å². The van der Waals surface area contributed by atoms with Crippen molar-refractivity contribution >= 4 is 15.9 Å². The number of nitrogens with zero attached hydrogens (tertiary/aromatic N) is 2. The number of piperidine rings is 1. The lowest BCUT2D eigenvalue weighted by atomic mass is 9.94. The summed E-state index contributed by atoms with van der Waals surface area (Å²) in [6, 6.07) is 4.12. The third-order valence-corrected chi connectivity index (χ3v) is 4.41. The third kappa shape index (κ3) is 2.92. The van der Waals surface area contributed by atoms with Gasteiger partial charge in [0.25, 0.3) is 0 Å². The highest BCUT2D eigenvalue weighted by atomic mass is 79.9. The molecule has 3 rings (SSSR count). The normalized spacial score (nSPS) is 20.8. The average Bonchev–Trinajstić information content (AvgIpc) is 3.00. The minimum atomic E-state index is 0.535. The zero-order chi connectivity index (χ0) is 13.2. The summed E-state index contributed by atoms with van der Waals surface area (Å²) in [4.78, 5) is 2.45. The SMILES string of the molecule is Cc1cc(C2CCCN(Cc3occc3Br)C2)n[nH]1. The van der Waals surface area contributed by atoms with Crippen LogP contribution in [-0.4, -0.2) is 28.2 Å². The van der Waals surface area contributed by atoms with Crippen LogP contribution in [0, 0.1) is 6.92 Å². The molecule has 19 heavy (non-hydrogen) atoms. The van der Waals surface area contributed by atoms with Gasteiger partial charge in [0.2, 0.25) is 0 Å². The maximum absolute atomic E-state index is 5.50. The maximum Gasteiger partial charge on any atom is 0.131 e. The standard InChI is InChI=1S/C14H18BrN3O/c1-10-7-13(17-16-10)11-3-2-5-18(8-11)9-14-12(15)4-6-19-14/h4,6-7,11H,2-3,5,8-9H2,1H3,(H,16,17). The molecule has 1 N–H and O–H groups in total. The number of aromatic nitrogens is 2. The molecule has 2 aromatic rings. The van der Waals surface area contributed by atoms with E-state index in [1.807, 2.05) is 6.07 Å². The molecule has 4 nitrogen and oxygen atoms in total. The highest BCUT2D eigenvalue weighted by Crippen LogP contribution is 2.28. The predicted octanol–water partition coefficient (Wildman–Crippen LogP) is 3.45. The molecule has 0 spiro atoms. The van der Waals surface area contributed by atoms with Gasteiger partial charge in [0.05, 0.1) is 23.0 Å². The Labute approximate surface area is 121 Å². The first-order valence-electron chi connectivity index (χ1n) is 6.68. The van der Waals surface area contributed by atoms with E-state index in [4.69, 9.17) is 4.42 Å². The number of hydrogen-bond donors (Lipinski definition) is 1. The number of aromatic amines is 1. The smallest absolute Gasteiger partial charge is 0.131 e. The fraction of sp³-hybridized carbons (Fsp3) is 0.500. The molecule has 0 bridgehead atoms. The van der Waals surface area contributed by atoms with Crippen LogP contribution < -0.4 is 0 Å². The van der Waals surface area contributed by atoms with Crippen molar-refractivity contribution in [1.29, 1.82) is 0 Å². The summed E-state index contributed by atoms with van der Waals surface area (Å²) < 4.78 is 6.56. The zero-order valence-electron chi connectivity index (χ0n) is 11.0. The molecule has 102 valence electrons. The minimum absolute atomic E-state index is 0.535.